The number of amides is 2. The van der Waals surface area contributed by atoms with Crippen molar-refractivity contribution in [2.45, 2.75) is 37.3 Å². The summed E-state index contributed by atoms with van der Waals surface area (Å²) in [6.45, 7) is 1.35. The third kappa shape index (κ3) is 4.95. The highest BCUT2D eigenvalue weighted by Gasteiger charge is 2.69. The first-order chi connectivity index (χ1) is 20.7. The average Bonchev–Trinajstić information content (AvgIpc) is 3.49. The Morgan fingerprint density at radius 1 is 1.07 bits per heavy atom. The fourth-order valence-electron chi connectivity index (χ4n) is 7.46. The van der Waals surface area contributed by atoms with Crippen LogP contribution in [0.3, 0.4) is 0 Å². The van der Waals surface area contributed by atoms with Gasteiger partial charge in [-0.1, -0.05) is 0 Å². The lowest BCUT2D eigenvalue weighted by Crippen LogP contribution is -2.74. The molecule has 4 unspecified atom stereocenters. The van der Waals surface area contributed by atoms with E-state index in [1.54, 1.807) is 39.2 Å². The molecule has 14 heteroatoms. The molecule has 2 saturated carbocycles. The van der Waals surface area contributed by atoms with E-state index in [0.717, 1.165) is 25.9 Å². The molecular weight excluding hydrogens is 570 g/mol. The second kappa shape index (κ2) is 11.4. The number of hydrogen-bond acceptors (Lipinski definition) is 10. The lowest BCUT2D eigenvalue weighted by Gasteiger charge is -2.52. The Balaban J connectivity index is 1.49. The Morgan fingerprint density at radius 3 is 2.32 bits per heavy atom. The molecule has 2 amide bonds. The predicted octanol–water partition coefficient (Wildman–Crippen LogP) is -1.42. The normalized spacial score (nSPS) is 30.2. The lowest BCUT2D eigenvalue weighted by molar-refractivity contribution is -0.181. The molecule has 1 aromatic rings. The van der Waals surface area contributed by atoms with E-state index in [4.69, 9.17) is 11.5 Å². The number of carbonyl (C=O) groups excluding carboxylic acids is 6. The minimum atomic E-state index is -2.74. The molecule has 6 N–H and O–H groups in total. The summed E-state index contributed by atoms with van der Waals surface area (Å²) in [7, 11) is 6.68. The van der Waals surface area contributed by atoms with Crippen LogP contribution in [0.15, 0.2) is 17.1 Å². The number of aliphatic hydroxyl groups is 1. The monoisotopic (exact) mass is 609 g/mol. The van der Waals surface area contributed by atoms with Crippen molar-refractivity contribution >= 4 is 52.3 Å². The largest absolute Gasteiger partial charge is 0.377 e. The number of ketones is 4. The first kappa shape index (κ1) is 31.3. The first-order valence-electron chi connectivity index (χ1n) is 14.7. The quantitative estimate of drug-likeness (QED) is 0.167. The number of nitrogens with zero attached hydrogens (tertiary/aromatic N) is 4. The highest BCUT2D eigenvalue weighted by atomic mass is 16.3. The van der Waals surface area contributed by atoms with Crippen LogP contribution in [0.25, 0.3) is 0 Å². The molecule has 44 heavy (non-hydrogen) atoms. The maximum atomic E-state index is 14.1. The molecule has 4 aliphatic rings. The number of anilines is 2. The van der Waals surface area contributed by atoms with Crippen LogP contribution in [0.4, 0.5) is 11.4 Å². The van der Waals surface area contributed by atoms with Gasteiger partial charge in [0.1, 0.15) is 6.54 Å². The van der Waals surface area contributed by atoms with E-state index in [0.29, 0.717) is 22.9 Å². The fourth-order valence-corrected chi connectivity index (χ4v) is 7.46. The van der Waals surface area contributed by atoms with Crippen LogP contribution in [0.2, 0.25) is 0 Å². The second-order valence-electron chi connectivity index (χ2n) is 12.6. The van der Waals surface area contributed by atoms with Crippen molar-refractivity contribution in [3.63, 3.8) is 0 Å². The smallest absolute Gasteiger partial charge is 0.246 e. The van der Waals surface area contributed by atoms with Gasteiger partial charge in [-0.2, -0.15) is 0 Å². The Morgan fingerprint density at radius 2 is 1.73 bits per heavy atom. The van der Waals surface area contributed by atoms with Crippen LogP contribution in [-0.2, 0) is 30.4 Å². The number of nitrogens with two attached hydrogens (primary N) is 2. The maximum absolute atomic E-state index is 14.1. The van der Waals surface area contributed by atoms with Crippen molar-refractivity contribution in [2.75, 3.05) is 58.0 Å². The van der Waals surface area contributed by atoms with E-state index in [9.17, 15) is 33.9 Å². The molecule has 6 atom stereocenters. The highest BCUT2D eigenvalue weighted by molar-refractivity contribution is 6.32. The molecule has 1 saturated heterocycles. The van der Waals surface area contributed by atoms with Gasteiger partial charge < -0.3 is 31.7 Å². The van der Waals surface area contributed by atoms with Gasteiger partial charge in [-0.15, -0.1) is 0 Å². The fraction of sp³-hybridized carbons (Fsp3) is 0.567. The van der Waals surface area contributed by atoms with E-state index < -0.39 is 70.3 Å². The minimum Gasteiger partial charge on any atom is -0.377 e. The Hall–Kier alpha value is -4.17. The van der Waals surface area contributed by atoms with Crippen LogP contribution in [0.5, 0.6) is 0 Å². The van der Waals surface area contributed by atoms with Crippen molar-refractivity contribution < 1.29 is 33.9 Å². The average molecular weight is 610 g/mol. The predicted molar refractivity (Wildman–Crippen MR) is 160 cm³/mol. The molecule has 1 aromatic carbocycles. The van der Waals surface area contributed by atoms with E-state index in [1.165, 1.54) is 11.0 Å². The molecule has 0 bridgehead atoms. The van der Waals surface area contributed by atoms with Crippen LogP contribution in [0, 0.1) is 23.7 Å². The van der Waals surface area contributed by atoms with Crippen molar-refractivity contribution in [3.05, 3.63) is 23.3 Å². The third-order valence-corrected chi connectivity index (χ3v) is 9.48. The second-order valence-corrected chi connectivity index (χ2v) is 12.6. The van der Waals surface area contributed by atoms with Crippen molar-refractivity contribution in [3.8, 4) is 0 Å². The zero-order valence-electron chi connectivity index (χ0n) is 25.3. The molecule has 3 aliphatic carbocycles. The van der Waals surface area contributed by atoms with Crippen molar-refractivity contribution in [1.29, 1.82) is 0 Å². The van der Waals surface area contributed by atoms with Gasteiger partial charge in [-0.25, -0.2) is 4.99 Å². The van der Waals surface area contributed by atoms with Crippen LogP contribution in [-0.4, -0.2) is 115 Å². The van der Waals surface area contributed by atoms with Crippen molar-refractivity contribution in [1.82, 2.24) is 9.80 Å². The molecule has 5 rings (SSSR count). The van der Waals surface area contributed by atoms with Gasteiger partial charge in [0.2, 0.25) is 11.8 Å². The molecule has 1 heterocycles. The number of fused-ring (bicyclic) bond motifs is 3. The number of guanidine groups is 1. The van der Waals surface area contributed by atoms with E-state index in [2.05, 4.69) is 10.3 Å². The number of likely N-dealkylation sites (tertiary alicyclic amines) is 1. The van der Waals surface area contributed by atoms with E-state index in [1.807, 2.05) is 4.90 Å². The number of likely N-dealkylation sites (N-methyl/N-ethyl adjacent to an activating group) is 1. The molecule has 0 spiro atoms. The summed E-state index contributed by atoms with van der Waals surface area (Å²) in [5.74, 6) is -10.2. The molecule has 236 valence electrons. The number of rotatable bonds is 6. The maximum Gasteiger partial charge on any atom is 0.246 e. The Labute approximate surface area is 254 Å². The molecule has 14 nitrogen and oxygen atoms in total. The summed E-state index contributed by atoms with van der Waals surface area (Å²) < 4.78 is 0. The van der Waals surface area contributed by atoms with Crippen LogP contribution < -0.4 is 21.7 Å². The topological polar surface area (TPSA) is 209 Å². The zero-order chi connectivity index (χ0) is 32.2. The minimum absolute atomic E-state index is 0.0195. The number of aliphatic imine (C=N–C) groups is 1. The SMILES string of the molecule is CN(C)c1cc(NC(=O)CN=C(N)N2CCCC2)cc2c1CC1CC3[C@H](N(C)C)C(=O)C(C(N)=O)C(=O)[C@@]3(O)C(=O)C1C2=O. The summed E-state index contributed by atoms with van der Waals surface area (Å²) in [4.78, 5) is 89.1. The number of benzene rings is 1. The summed E-state index contributed by atoms with van der Waals surface area (Å²) in [6.07, 6.45) is 2.29. The third-order valence-electron chi connectivity index (χ3n) is 9.48. The molecule has 3 fully saturated rings. The van der Waals surface area contributed by atoms with Gasteiger partial charge in [0.25, 0.3) is 0 Å². The van der Waals surface area contributed by atoms with Gasteiger partial charge in [-0.3, -0.25) is 33.7 Å². The summed E-state index contributed by atoms with van der Waals surface area (Å²) >= 11 is 0. The number of hydrogen-bond donors (Lipinski definition) is 4. The number of primary amides is 1. The number of nitrogens with one attached hydrogen (secondary N) is 1. The molecular formula is C30H39N7O7. The van der Waals surface area contributed by atoms with Gasteiger partial charge in [0, 0.05) is 50.0 Å². The van der Waals surface area contributed by atoms with Crippen molar-refractivity contribution in [2.24, 2.45) is 40.1 Å². The zero-order valence-corrected chi connectivity index (χ0v) is 25.3. The summed E-state index contributed by atoms with van der Waals surface area (Å²) in [5, 5.41) is 14.5. The molecule has 1 aliphatic heterocycles. The van der Waals surface area contributed by atoms with Gasteiger partial charge in [0.15, 0.2) is 40.6 Å². The first-order valence-corrected chi connectivity index (χ1v) is 14.7. The number of Topliss-reactive ketones (excluding diaryl/α,β-unsaturated/α-hetero) is 4. The highest BCUT2D eigenvalue weighted by Crippen LogP contribution is 2.51. The van der Waals surface area contributed by atoms with Gasteiger partial charge in [0.05, 0.1) is 12.0 Å². The van der Waals surface area contributed by atoms with E-state index >= 15 is 0 Å². The summed E-state index contributed by atoms with van der Waals surface area (Å²) in [5.41, 5.74) is 10.4. The van der Waals surface area contributed by atoms with E-state index in [-0.39, 0.29) is 24.9 Å². The van der Waals surface area contributed by atoms with Gasteiger partial charge >= 0.3 is 0 Å². The van der Waals surface area contributed by atoms with Gasteiger partial charge in [-0.05, 0) is 63.4 Å². The Kier molecular flexibility index (Phi) is 8.10. The standard InChI is InChI=1S/C30H39N7O7/c1-35(2)19-12-15(34-20(38)13-33-29(32)37-7-5-6-8-37)11-17-16(19)9-14-10-18-23(36(3)4)25(40)22(28(31)43)27(42)30(18,44)26(41)21(14)24(17)39/h11-12,14,18,21-23,44H,5-10,13H2,1-4H3,(H2,31,43)(H2,32,33)(H,34,38)/t14?,18?,21?,22?,23-,30-/m0/s1. The Bertz CT molecular complexity index is 1480. The van der Waals surface area contributed by atoms with Crippen LogP contribution >= 0.6 is 0 Å². The lowest BCUT2D eigenvalue weighted by atomic mass is 9.52. The summed E-state index contributed by atoms with van der Waals surface area (Å²) in [6, 6.07) is 2.08. The van der Waals surface area contributed by atoms with Crippen LogP contribution in [0.1, 0.15) is 35.2 Å². The molecule has 0 aromatic heterocycles. The molecule has 0 radical (unpaired) electrons. The number of carbonyl (C=O) groups is 6.